The molecule has 0 radical (unpaired) electrons. The molecule has 0 saturated heterocycles. The van der Waals surface area contributed by atoms with Gasteiger partial charge in [0.05, 0.1) is 0 Å². The Morgan fingerprint density at radius 3 is 2.52 bits per heavy atom. The van der Waals surface area contributed by atoms with E-state index in [0.717, 1.165) is 23.4 Å². The van der Waals surface area contributed by atoms with Gasteiger partial charge in [0.2, 0.25) is 0 Å². The Labute approximate surface area is 156 Å². The first-order valence-corrected chi connectivity index (χ1v) is 8.56. The molecule has 0 aliphatic heterocycles. The van der Waals surface area contributed by atoms with Gasteiger partial charge in [0.15, 0.2) is 0 Å². The van der Waals surface area contributed by atoms with Crippen LogP contribution in [0.15, 0.2) is 36.5 Å². The molecule has 1 heterocycles. The molecule has 4 nitrogen and oxygen atoms in total. The van der Waals surface area contributed by atoms with Crippen molar-refractivity contribution in [1.29, 1.82) is 0 Å². The average molecular weight is 380 g/mol. The van der Waals surface area contributed by atoms with E-state index in [9.17, 15) is 18.0 Å². The molecule has 2 aromatic rings. The molecule has 1 N–H and O–H groups in total. The standard InChI is InChI=1S/C20H23F3N2O2/c1-13-14(8-11-25-18(26)27-19(2,3)4)6-5-7-16(13)15-9-10-24-17(12-15)20(21,22)23/h5-7,9-10,12H,8,11H2,1-4H3,(H,25,26). The molecule has 27 heavy (non-hydrogen) atoms. The van der Waals surface area contributed by atoms with E-state index in [0.29, 0.717) is 24.1 Å². The number of nitrogens with one attached hydrogen (secondary N) is 1. The number of hydrogen-bond donors (Lipinski definition) is 1. The van der Waals surface area contributed by atoms with Gasteiger partial charge in [-0.25, -0.2) is 4.79 Å². The second-order valence-corrected chi connectivity index (χ2v) is 7.20. The third kappa shape index (κ3) is 5.98. The van der Waals surface area contributed by atoms with Crippen LogP contribution in [0.25, 0.3) is 11.1 Å². The molecule has 1 aromatic carbocycles. The Kier molecular flexibility index (Phi) is 6.13. The molecule has 0 aliphatic rings. The highest BCUT2D eigenvalue weighted by molar-refractivity contribution is 5.69. The van der Waals surface area contributed by atoms with E-state index in [-0.39, 0.29) is 0 Å². The lowest BCUT2D eigenvalue weighted by molar-refractivity contribution is -0.141. The first-order chi connectivity index (χ1) is 12.5. The minimum absolute atomic E-state index is 0.364. The van der Waals surface area contributed by atoms with Crippen LogP contribution >= 0.6 is 0 Å². The maximum atomic E-state index is 12.9. The first-order valence-electron chi connectivity index (χ1n) is 8.56. The van der Waals surface area contributed by atoms with Crippen molar-refractivity contribution < 1.29 is 22.7 Å². The topological polar surface area (TPSA) is 51.2 Å². The summed E-state index contributed by atoms with van der Waals surface area (Å²) in [6.45, 7) is 7.56. The molecule has 0 fully saturated rings. The molecule has 1 aromatic heterocycles. The molecular formula is C20H23F3N2O2. The predicted octanol–water partition coefficient (Wildman–Crippen LogP) is 5.14. The summed E-state index contributed by atoms with van der Waals surface area (Å²) in [5.74, 6) is 0. The monoisotopic (exact) mass is 380 g/mol. The smallest absolute Gasteiger partial charge is 0.433 e. The number of halogens is 3. The number of ether oxygens (including phenoxy) is 1. The second-order valence-electron chi connectivity index (χ2n) is 7.20. The number of nitrogens with zero attached hydrogens (tertiary/aromatic N) is 1. The molecule has 0 saturated carbocycles. The van der Waals surface area contributed by atoms with Crippen LogP contribution < -0.4 is 5.32 Å². The van der Waals surface area contributed by atoms with E-state index in [2.05, 4.69) is 10.3 Å². The number of rotatable bonds is 4. The number of carbonyl (C=O) groups excluding carboxylic acids is 1. The zero-order valence-electron chi connectivity index (χ0n) is 15.8. The summed E-state index contributed by atoms with van der Waals surface area (Å²) in [7, 11) is 0. The molecule has 2 rings (SSSR count). The normalized spacial score (nSPS) is 12.0. The zero-order valence-corrected chi connectivity index (χ0v) is 15.8. The van der Waals surface area contributed by atoms with E-state index in [1.54, 1.807) is 39.0 Å². The van der Waals surface area contributed by atoms with Crippen LogP contribution in [0.2, 0.25) is 0 Å². The van der Waals surface area contributed by atoms with E-state index in [4.69, 9.17) is 4.74 Å². The third-order valence-electron chi connectivity index (χ3n) is 3.87. The second kappa shape index (κ2) is 7.98. The molecule has 0 unspecified atom stereocenters. The molecule has 0 aliphatic carbocycles. The van der Waals surface area contributed by atoms with Gasteiger partial charge in [-0.2, -0.15) is 13.2 Å². The summed E-state index contributed by atoms with van der Waals surface area (Å²) < 4.78 is 43.9. The van der Waals surface area contributed by atoms with Gasteiger partial charge in [0, 0.05) is 12.7 Å². The maximum Gasteiger partial charge on any atom is 0.433 e. The third-order valence-corrected chi connectivity index (χ3v) is 3.87. The van der Waals surface area contributed by atoms with Gasteiger partial charge in [0.25, 0.3) is 0 Å². The van der Waals surface area contributed by atoms with Crippen molar-refractivity contribution in [1.82, 2.24) is 10.3 Å². The van der Waals surface area contributed by atoms with Crippen molar-refractivity contribution >= 4 is 6.09 Å². The SMILES string of the molecule is Cc1c(CCNC(=O)OC(C)(C)C)cccc1-c1ccnc(C(F)(F)F)c1. The largest absolute Gasteiger partial charge is 0.444 e. The van der Waals surface area contributed by atoms with Gasteiger partial charge in [-0.1, -0.05) is 18.2 Å². The summed E-state index contributed by atoms with van der Waals surface area (Å²) >= 11 is 0. The maximum absolute atomic E-state index is 12.9. The van der Waals surface area contributed by atoms with Gasteiger partial charge >= 0.3 is 12.3 Å². The van der Waals surface area contributed by atoms with Crippen LogP contribution in [0.1, 0.15) is 37.6 Å². The number of hydrogen-bond acceptors (Lipinski definition) is 3. The highest BCUT2D eigenvalue weighted by Gasteiger charge is 2.32. The molecule has 0 spiro atoms. The lowest BCUT2D eigenvalue weighted by Gasteiger charge is -2.20. The van der Waals surface area contributed by atoms with Gasteiger partial charge in [0.1, 0.15) is 11.3 Å². The van der Waals surface area contributed by atoms with Gasteiger partial charge in [-0.05, 0) is 68.5 Å². The number of aromatic nitrogens is 1. The Hall–Kier alpha value is -2.57. The van der Waals surface area contributed by atoms with Crippen LogP contribution in [0.4, 0.5) is 18.0 Å². The fourth-order valence-electron chi connectivity index (χ4n) is 2.63. The first kappa shape index (κ1) is 20.7. The Balaban J connectivity index is 2.13. The zero-order chi connectivity index (χ0) is 20.2. The number of amides is 1. The molecule has 0 bridgehead atoms. The number of benzene rings is 1. The highest BCUT2D eigenvalue weighted by Crippen LogP contribution is 2.32. The van der Waals surface area contributed by atoms with Crippen molar-refractivity contribution in [3.05, 3.63) is 53.3 Å². The molecule has 1 amide bonds. The van der Waals surface area contributed by atoms with E-state index < -0.39 is 23.6 Å². The van der Waals surface area contributed by atoms with Gasteiger partial charge in [-0.3, -0.25) is 4.98 Å². The minimum atomic E-state index is -4.49. The predicted molar refractivity (Wildman–Crippen MR) is 97.4 cm³/mol. The summed E-state index contributed by atoms with van der Waals surface area (Å²) in [5, 5.41) is 2.68. The van der Waals surface area contributed by atoms with Gasteiger partial charge in [-0.15, -0.1) is 0 Å². The van der Waals surface area contributed by atoms with E-state index >= 15 is 0 Å². The Bertz CT molecular complexity index is 812. The molecule has 7 heteroatoms. The number of carbonyl (C=O) groups is 1. The van der Waals surface area contributed by atoms with Crippen LogP contribution in [0.3, 0.4) is 0 Å². The van der Waals surface area contributed by atoms with Crippen LogP contribution in [0.5, 0.6) is 0 Å². The van der Waals surface area contributed by atoms with Crippen LogP contribution in [0, 0.1) is 6.92 Å². The van der Waals surface area contributed by atoms with E-state index in [1.165, 1.54) is 0 Å². The molecular weight excluding hydrogens is 357 g/mol. The van der Waals surface area contributed by atoms with Gasteiger partial charge < -0.3 is 10.1 Å². The van der Waals surface area contributed by atoms with Crippen molar-refractivity contribution in [3.8, 4) is 11.1 Å². The van der Waals surface area contributed by atoms with Crippen LogP contribution in [-0.4, -0.2) is 23.2 Å². The fourth-order valence-corrected chi connectivity index (χ4v) is 2.63. The lowest BCUT2D eigenvalue weighted by atomic mass is 9.95. The van der Waals surface area contributed by atoms with Crippen LogP contribution in [-0.2, 0) is 17.3 Å². The molecule has 146 valence electrons. The average Bonchev–Trinajstić information content (AvgIpc) is 2.54. The summed E-state index contributed by atoms with van der Waals surface area (Å²) in [6.07, 6.45) is -3.29. The van der Waals surface area contributed by atoms with Crippen molar-refractivity contribution in [2.24, 2.45) is 0 Å². The van der Waals surface area contributed by atoms with Crippen molar-refractivity contribution in [3.63, 3.8) is 0 Å². The number of alkyl carbamates (subject to hydrolysis) is 1. The van der Waals surface area contributed by atoms with E-state index in [1.807, 2.05) is 13.0 Å². The number of pyridine rings is 1. The number of alkyl halides is 3. The fraction of sp³-hybridized carbons (Fsp3) is 0.400. The highest BCUT2D eigenvalue weighted by atomic mass is 19.4. The molecule has 0 atom stereocenters. The Morgan fingerprint density at radius 2 is 1.89 bits per heavy atom. The summed E-state index contributed by atoms with van der Waals surface area (Å²) in [6, 6.07) is 8.06. The summed E-state index contributed by atoms with van der Waals surface area (Å²) in [4.78, 5) is 15.1. The lowest BCUT2D eigenvalue weighted by Crippen LogP contribution is -2.33. The minimum Gasteiger partial charge on any atom is -0.444 e. The summed E-state index contributed by atoms with van der Waals surface area (Å²) in [5.41, 5.74) is 1.47. The van der Waals surface area contributed by atoms with Crippen molar-refractivity contribution in [2.75, 3.05) is 6.54 Å². The quantitative estimate of drug-likeness (QED) is 0.799. The van der Waals surface area contributed by atoms with Crippen molar-refractivity contribution in [2.45, 2.75) is 45.9 Å². The Morgan fingerprint density at radius 1 is 1.19 bits per heavy atom.